The zero-order chi connectivity index (χ0) is 13.2. The van der Waals surface area contributed by atoms with Gasteiger partial charge < -0.3 is 15.0 Å². The number of carbonyl (C=O) groups excluding carboxylic acids is 1. The van der Waals surface area contributed by atoms with Crippen LogP contribution in [0.1, 0.15) is 24.3 Å². The molecular weight excluding hydrogens is 263 g/mol. The van der Waals surface area contributed by atoms with E-state index < -0.39 is 0 Å². The van der Waals surface area contributed by atoms with Crippen molar-refractivity contribution < 1.29 is 9.90 Å². The third-order valence-corrected chi connectivity index (χ3v) is 3.35. The van der Waals surface area contributed by atoms with E-state index in [2.05, 4.69) is 5.32 Å². The van der Waals surface area contributed by atoms with Gasteiger partial charge in [-0.2, -0.15) is 0 Å². The summed E-state index contributed by atoms with van der Waals surface area (Å²) in [5, 5.41) is 12.5. The van der Waals surface area contributed by atoms with E-state index in [1.54, 1.807) is 7.05 Å². The van der Waals surface area contributed by atoms with E-state index in [1.165, 1.54) is 10.6 Å². The van der Waals surface area contributed by atoms with Gasteiger partial charge in [0.1, 0.15) is 10.8 Å². The summed E-state index contributed by atoms with van der Waals surface area (Å²) in [5.41, 5.74) is 0.0442. The van der Waals surface area contributed by atoms with E-state index in [0.29, 0.717) is 22.4 Å². The average Bonchev–Trinajstić information content (AvgIpc) is 2.54. The molecule has 0 spiro atoms. The number of nitrogens with zero attached hydrogens (tertiary/aromatic N) is 1. The molecule has 0 aliphatic heterocycles. The van der Waals surface area contributed by atoms with Gasteiger partial charge in [0, 0.05) is 25.6 Å². The first kappa shape index (κ1) is 14.4. The molecule has 96 valence electrons. The molecule has 2 N–H and O–H groups in total. The molecule has 0 aliphatic rings. The van der Waals surface area contributed by atoms with Gasteiger partial charge in [-0.3, -0.25) is 4.79 Å². The number of aliphatic hydroxyl groups is 1. The highest BCUT2D eigenvalue weighted by atomic mass is 35.5. The number of amides is 1. The van der Waals surface area contributed by atoms with Gasteiger partial charge in [0.05, 0.1) is 5.02 Å². The van der Waals surface area contributed by atoms with Gasteiger partial charge in [-0.1, -0.05) is 37.0 Å². The molecule has 0 radical (unpaired) electrons. The van der Waals surface area contributed by atoms with E-state index in [1.807, 2.05) is 13.8 Å². The van der Waals surface area contributed by atoms with Crippen molar-refractivity contribution in [1.82, 2.24) is 9.88 Å². The van der Waals surface area contributed by atoms with Crippen LogP contribution in [0.5, 0.6) is 0 Å². The molecule has 6 heteroatoms. The Labute approximate surface area is 111 Å². The fraction of sp³-hybridized carbons (Fsp3) is 0.545. The summed E-state index contributed by atoms with van der Waals surface area (Å²) in [6.07, 6.45) is 0. The fourth-order valence-corrected chi connectivity index (χ4v) is 1.60. The summed E-state index contributed by atoms with van der Waals surface area (Å²) in [7, 11) is 1.67. The van der Waals surface area contributed by atoms with Crippen LogP contribution in [0.4, 0.5) is 0 Å². The number of hydrogen-bond donors (Lipinski definition) is 2. The first-order chi connectivity index (χ1) is 7.78. The quantitative estimate of drug-likeness (QED) is 0.886. The van der Waals surface area contributed by atoms with Gasteiger partial charge in [-0.25, -0.2) is 0 Å². The Hall–Kier alpha value is -0.710. The second-order valence-corrected chi connectivity index (χ2v) is 5.50. The van der Waals surface area contributed by atoms with Crippen molar-refractivity contribution in [2.45, 2.75) is 13.8 Å². The number of nitrogens with one attached hydrogen (secondary N) is 1. The molecule has 1 aromatic rings. The normalized spacial score (nSPS) is 11.6. The molecule has 1 aromatic heterocycles. The summed E-state index contributed by atoms with van der Waals surface area (Å²) in [5.74, 6) is -0.261. The molecule has 0 bridgehead atoms. The summed E-state index contributed by atoms with van der Waals surface area (Å²) >= 11 is 11.7. The number of carbonyl (C=O) groups is 1. The van der Waals surface area contributed by atoms with Gasteiger partial charge >= 0.3 is 0 Å². The van der Waals surface area contributed by atoms with Gasteiger partial charge in [-0.05, 0) is 6.07 Å². The minimum Gasteiger partial charge on any atom is -0.396 e. The first-order valence-electron chi connectivity index (χ1n) is 5.18. The lowest BCUT2D eigenvalue weighted by atomic mass is 9.95. The number of aliphatic hydroxyl groups excluding tert-OH is 1. The minimum absolute atomic E-state index is 0.00191. The van der Waals surface area contributed by atoms with Crippen LogP contribution in [0.2, 0.25) is 10.2 Å². The van der Waals surface area contributed by atoms with E-state index in [9.17, 15) is 4.79 Å². The van der Waals surface area contributed by atoms with Crippen LogP contribution in [0.15, 0.2) is 6.07 Å². The molecule has 1 heterocycles. The van der Waals surface area contributed by atoms with Crippen LogP contribution in [0, 0.1) is 5.41 Å². The highest BCUT2D eigenvalue weighted by molar-refractivity contribution is 6.41. The van der Waals surface area contributed by atoms with Crippen molar-refractivity contribution in [3.05, 3.63) is 21.9 Å². The fourth-order valence-electron chi connectivity index (χ4n) is 1.23. The van der Waals surface area contributed by atoms with Gasteiger partial charge in [0.25, 0.3) is 5.91 Å². The lowest BCUT2D eigenvalue weighted by Crippen LogP contribution is -2.36. The molecule has 0 fully saturated rings. The Morgan fingerprint density at radius 2 is 2.12 bits per heavy atom. The summed E-state index contributed by atoms with van der Waals surface area (Å²) in [4.78, 5) is 11.9. The smallest absolute Gasteiger partial charge is 0.268 e. The van der Waals surface area contributed by atoms with Gasteiger partial charge in [-0.15, -0.1) is 0 Å². The molecule has 0 aromatic carbocycles. The number of rotatable bonds is 4. The topological polar surface area (TPSA) is 54.3 Å². The van der Waals surface area contributed by atoms with Crippen LogP contribution in [0.3, 0.4) is 0 Å². The standard InChI is InChI=1S/C11H16Cl2N2O2/c1-11(2,6-16)5-14-10(17)8-4-7(12)9(13)15(8)3/h4,16H,5-6H2,1-3H3,(H,14,17). The Bertz CT molecular complexity index is 427. The van der Waals surface area contributed by atoms with Gasteiger partial charge in [0.2, 0.25) is 0 Å². The van der Waals surface area contributed by atoms with E-state index in [4.69, 9.17) is 28.3 Å². The average molecular weight is 279 g/mol. The zero-order valence-corrected chi connectivity index (χ0v) is 11.6. The molecule has 0 saturated carbocycles. The molecule has 4 nitrogen and oxygen atoms in total. The highest BCUT2D eigenvalue weighted by Crippen LogP contribution is 2.25. The Balaban J connectivity index is 2.74. The molecule has 1 rings (SSSR count). The number of halogens is 2. The maximum absolute atomic E-state index is 11.9. The number of hydrogen-bond acceptors (Lipinski definition) is 2. The van der Waals surface area contributed by atoms with Crippen LogP contribution in [0.25, 0.3) is 0 Å². The lowest BCUT2D eigenvalue weighted by Gasteiger charge is -2.21. The molecule has 0 atom stereocenters. The first-order valence-corrected chi connectivity index (χ1v) is 5.94. The predicted octanol–water partition coefficient (Wildman–Crippen LogP) is 2.08. The zero-order valence-electron chi connectivity index (χ0n) is 10.1. The van der Waals surface area contributed by atoms with Crippen molar-refractivity contribution in [1.29, 1.82) is 0 Å². The maximum atomic E-state index is 11.9. The number of aromatic nitrogens is 1. The highest BCUT2D eigenvalue weighted by Gasteiger charge is 2.20. The SMILES string of the molecule is Cn1c(C(=O)NCC(C)(C)CO)cc(Cl)c1Cl. The van der Waals surface area contributed by atoms with E-state index in [0.717, 1.165) is 0 Å². The third kappa shape index (κ3) is 3.37. The minimum atomic E-state index is -0.353. The molecule has 1 amide bonds. The second kappa shape index (κ2) is 5.29. The van der Waals surface area contributed by atoms with Crippen molar-refractivity contribution in [2.75, 3.05) is 13.2 Å². The molecule has 0 aliphatic carbocycles. The second-order valence-electron chi connectivity index (χ2n) is 4.73. The molecule has 0 saturated heterocycles. The third-order valence-electron chi connectivity index (χ3n) is 2.50. The summed E-state index contributed by atoms with van der Waals surface area (Å²) in [6.45, 7) is 4.10. The van der Waals surface area contributed by atoms with Crippen molar-refractivity contribution >= 4 is 29.1 Å². The van der Waals surface area contributed by atoms with Crippen LogP contribution in [-0.2, 0) is 7.05 Å². The largest absolute Gasteiger partial charge is 0.396 e. The van der Waals surface area contributed by atoms with Crippen LogP contribution < -0.4 is 5.32 Å². The monoisotopic (exact) mass is 278 g/mol. The van der Waals surface area contributed by atoms with Crippen LogP contribution in [-0.4, -0.2) is 28.7 Å². The van der Waals surface area contributed by atoms with Crippen molar-refractivity contribution in [3.63, 3.8) is 0 Å². The maximum Gasteiger partial charge on any atom is 0.268 e. The Morgan fingerprint density at radius 1 is 1.53 bits per heavy atom. The molecule has 17 heavy (non-hydrogen) atoms. The van der Waals surface area contributed by atoms with E-state index in [-0.39, 0.29) is 17.9 Å². The van der Waals surface area contributed by atoms with Crippen LogP contribution >= 0.6 is 23.2 Å². The predicted molar refractivity (Wildman–Crippen MR) is 68.6 cm³/mol. The summed E-state index contributed by atoms with van der Waals surface area (Å²) < 4.78 is 1.52. The Kier molecular flexibility index (Phi) is 4.47. The van der Waals surface area contributed by atoms with Crippen molar-refractivity contribution in [2.24, 2.45) is 12.5 Å². The summed E-state index contributed by atoms with van der Waals surface area (Å²) in [6, 6.07) is 1.52. The molecular formula is C11H16Cl2N2O2. The van der Waals surface area contributed by atoms with Crippen molar-refractivity contribution in [3.8, 4) is 0 Å². The lowest BCUT2D eigenvalue weighted by molar-refractivity contribution is 0.0903. The molecule has 0 unspecified atom stereocenters. The van der Waals surface area contributed by atoms with E-state index >= 15 is 0 Å². The van der Waals surface area contributed by atoms with Gasteiger partial charge in [0.15, 0.2) is 0 Å². The Morgan fingerprint density at radius 3 is 2.53 bits per heavy atom.